The average Bonchev–Trinajstić information content (AvgIpc) is 3.15. The number of rotatable bonds is 44. The number of carbonyl (C=O) groups excluding carboxylic acids is 3. The lowest BCUT2D eigenvalue weighted by molar-refractivity contribution is -0.144. The van der Waals surface area contributed by atoms with Gasteiger partial charge in [-0.25, -0.2) is 0 Å². The van der Waals surface area contributed by atoms with Gasteiger partial charge in [-0.05, 0) is 64.1 Å². The summed E-state index contributed by atoms with van der Waals surface area (Å²) in [5, 5.41) is 2.95. The Morgan fingerprint density at radius 1 is 0.481 bits per heavy atom. The number of Topliss-reactive ketones (excluding diaryl/α,β-unsaturated/α-hetero) is 1. The number of nitrogens with one attached hydrogen (secondary N) is 1. The maximum absolute atomic E-state index is 13.0. The molecule has 0 aliphatic carbocycles. The smallest absolute Gasteiger partial charge is 0.305 e. The maximum atomic E-state index is 13.0. The summed E-state index contributed by atoms with van der Waals surface area (Å²) in [6, 6.07) is 0. The molecule has 0 aromatic rings. The van der Waals surface area contributed by atoms with E-state index in [4.69, 9.17) is 4.74 Å². The third-order valence-electron chi connectivity index (χ3n) is 11.3. The van der Waals surface area contributed by atoms with Crippen LogP contribution in [-0.4, -0.2) is 55.3 Å². The molecule has 54 heavy (non-hydrogen) atoms. The predicted molar refractivity (Wildman–Crippen MR) is 233 cm³/mol. The zero-order valence-electron chi connectivity index (χ0n) is 36.9. The average molecular weight is 763 g/mol. The van der Waals surface area contributed by atoms with Gasteiger partial charge in [0.2, 0.25) is 5.91 Å². The largest absolute Gasteiger partial charge is 0.466 e. The van der Waals surface area contributed by atoms with Gasteiger partial charge in [-0.2, -0.15) is 0 Å². The normalized spacial score (nSPS) is 11.5. The zero-order valence-corrected chi connectivity index (χ0v) is 36.9. The lowest BCUT2D eigenvalue weighted by atomic mass is 9.89. The standard InChI is InChI=1S/C48H94N2O4/c1-5-8-11-14-17-26-33-43-54-48(53)38-30-23-19-25-32-41-50(42-34-39-49-45(4)51)40-31-24-18-22-29-37-47(52)44-46(35-27-20-15-12-9-6-2)36-28-21-16-13-10-7-3/h46H,5-44H2,1-4H3,(H,49,51). The monoisotopic (exact) mass is 763 g/mol. The van der Waals surface area contributed by atoms with Crippen LogP contribution in [0.2, 0.25) is 0 Å². The van der Waals surface area contributed by atoms with Crippen LogP contribution < -0.4 is 5.32 Å². The first-order valence-electron chi connectivity index (χ1n) is 24.1. The molecule has 6 nitrogen and oxygen atoms in total. The van der Waals surface area contributed by atoms with Crippen molar-refractivity contribution in [3.63, 3.8) is 0 Å². The van der Waals surface area contributed by atoms with E-state index in [1.807, 2.05) is 0 Å². The molecular weight excluding hydrogens is 669 g/mol. The van der Waals surface area contributed by atoms with Crippen LogP contribution in [0.15, 0.2) is 0 Å². The molecule has 0 fully saturated rings. The number of amides is 1. The summed E-state index contributed by atoms with van der Waals surface area (Å²) in [7, 11) is 0. The number of nitrogens with zero attached hydrogens (tertiary/aromatic N) is 1. The third-order valence-corrected chi connectivity index (χ3v) is 11.3. The highest BCUT2D eigenvalue weighted by Crippen LogP contribution is 2.24. The van der Waals surface area contributed by atoms with Crippen LogP contribution in [0.4, 0.5) is 0 Å². The van der Waals surface area contributed by atoms with Gasteiger partial charge in [-0.15, -0.1) is 0 Å². The second-order valence-corrected chi connectivity index (χ2v) is 16.8. The van der Waals surface area contributed by atoms with Gasteiger partial charge in [0, 0.05) is 32.7 Å². The Labute approximate surface area is 337 Å². The Balaban J connectivity index is 4.23. The molecule has 0 unspecified atom stereocenters. The van der Waals surface area contributed by atoms with Gasteiger partial charge in [0.1, 0.15) is 5.78 Å². The fraction of sp³-hybridized carbons (Fsp3) is 0.938. The van der Waals surface area contributed by atoms with Crippen molar-refractivity contribution < 1.29 is 19.1 Å². The fourth-order valence-corrected chi connectivity index (χ4v) is 7.74. The van der Waals surface area contributed by atoms with Gasteiger partial charge in [0.15, 0.2) is 0 Å². The Hall–Kier alpha value is -1.43. The van der Waals surface area contributed by atoms with Crippen LogP contribution in [0, 0.1) is 5.92 Å². The van der Waals surface area contributed by atoms with Crippen LogP contribution in [0.5, 0.6) is 0 Å². The molecule has 0 heterocycles. The fourth-order valence-electron chi connectivity index (χ4n) is 7.74. The second kappa shape index (κ2) is 42.7. The van der Waals surface area contributed by atoms with Crippen molar-refractivity contribution in [3.05, 3.63) is 0 Å². The summed E-state index contributed by atoms with van der Waals surface area (Å²) in [4.78, 5) is 39.0. The summed E-state index contributed by atoms with van der Waals surface area (Å²) in [6.07, 6.45) is 41.8. The van der Waals surface area contributed by atoms with E-state index >= 15 is 0 Å². The Kier molecular flexibility index (Phi) is 41.6. The lowest BCUT2D eigenvalue weighted by Crippen LogP contribution is -2.30. The highest BCUT2D eigenvalue weighted by molar-refractivity contribution is 5.78. The lowest BCUT2D eigenvalue weighted by Gasteiger charge is -2.22. The minimum Gasteiger partial charge on any atom is -0.466 e. The van der Waals surface area contributed by atoms with Crippen LogP contribution in [0.3, 0.4) is 0 Å². The Morgan fingerprint density at radius 2 is 0.889 bits per heavy atom. The Bertz CT molecular complexity index is 803. The van der Waals surface area contributed by atoms with Crippen LogP contribution in [0.25, 0.3) is 0 Å². The molecule has 0 spiro atoms. The summed E-state index contributed by atoms with van der Waals surface area (Å²) in [5.74, 6) is 1.15. The maximum Gasteiger partial charge on any atom is 0.305 e. The number of esters is 1. The number of ketones is 1. The zero-order chi connectivity index (χ0) is 39.6. The molecule has 0 aliphatic rings. The van der Waals surface area contributed by atoms with Gasteiger partial charge in [-0.1, -0.05) is 188 Å². The van der Waals surface area contributed by atoms with E-state index in [1.54, 1.807) is 6.92 Å². The topological polar surface area (TPSA) is 75.7 Å². The summed E-state index contributed by atoms with van der Waals surface area (Å²) >= 11 is 0. The van der Waals surface area contributed by atoms with E-state index in [0.29, 0.717) is 24.7 Å². The molecule has 0 rings (SSSR count). The molecule has 1 amide bonds. The van der Waals surface area contributed by atoms with Crippen molar-refractivity contribution in [1.29, 1.82) is 0 Å². The molecule has 0 aromatic carbocycles. The van der Waals surface area contributed by atoms with Gasteiger partial charge in [-0.3, -0.25) is 14.4 Å². The summed E-state index contributed by atoms with van der Waals surface area (Å²) in [6.45, 7) is 13.0. The van der Waals surface area contributed by atoms with Crippen molar-refractivity contribution in [2.45, 2.75) is 252 Å². The summed E-state index contributed by atoms with van der Waals surface area (Å²) in [5.41, 5.74) is 0. The van der Waals surface area contributed by atoms with Crippen molar-refractivity contribution in [3.8, 4) is 0 Å². The minimum absolute atomic E-state index is 0.0239. The van der Waals surface area contributed by atoms with Gasteiger partial charge in [0.05, 0.1) is 6.61 Å². The van der Waals surface area contributed by atoms with Crippen molar-refractivity contribution >= 4 is 17.7 Å². The molecule has 0 atom stereocenters. The van der Waals surface area contributed by atoms with Crippen LogP contribution in [0.1, 0.15) is 252 Å². The number of hydrogen-bond acceptors (Lipinski definition) is 5. The van der Waals surface area contributed by atoms with E-state index in [2.05, 4.69) is 31.0 Å². The molecule has 320 valence electrons. The highest BCUT2D eigenvalue weighted by atomic mass is 16.5. The molecular formula is C48H94N2O4. The van der Waals surface area contributed by atoms with Crippen LogP contribution in [-0.2, 0) is 19.1 Å². The molecule has 6 heteroatoms. The van der Waals surface area contributed by atoms with Crippen molar-refractivity contribution in [2.75, 3.05) is 32.8 Å². The molecule has 0 radical (unpaired) electrons. The van der Waals surface area contributed by atoms with E-state index < -0.39 is 0 Å². The van der Waals surface area contributed by atoms with Crippen molar-refractivity contribution in [1.82, 2.24) is 10.2 Å². The quantitative estimate of drug-likeness (QED) is 0.0494. The molecule has 0 saturated carbocycles. The highest BCUT2D eigenvalue weighted by Gasteiger charge is 2.14. The molecule has 0 aliphatic heterocycles. The van der Waals surface area contributed by atoms with Gasteiger partial charge < -0.3 is 15.0 Å². The van der Waals surface area contributed by atoms with Crippen molar-refractivity contribution in [2.24, 2.45) is 5.92 Å². The SMILES string of the molecule is CCCCCCCCCOC(=O)CCCCCCCN(CCCCCCCC(=O)CC(CCCCCCCC)CCCCCCCC)CCCNC(C)=O. The van der Waals surface area contributed by atoms with E-state index in [0.717, 1.165) is 71.1 Å². The first-order chi connectivity index (χ1) is 26.4. The minimum atomic E-state index is -0.0239. The number of hydrogen-bond donors (Lipinski definition) is 1. The van der Waals surface area contributed by atoms with Crippen LogP contribution >= 0.6 is 0 Å². The van der Waals surface area contributed by atoms with E-state index in [1.165, 1.54) is 173 Å². The predicted octanol–water partition coefficient (Wildman–Crippen LogP) is 13.9. The number of ether oxygens (including phenoxy) is 1. The van der Waals surface area contributed by atoms with Gasteiger partial charge >= 0.3 is 5.97 Å². The van der Waals surface area contributed by atoms with Gasteiger partial charge in [0.25, 0.3) is 0 Å². The van der Waals surface area contributed by atoms with E-state index in [9.17, 15) is 14.4 Å². The number of unbranched alkanes of at least 4 members (excludes halogenated alkanes) is 24. The second-order valence-electron chi connectivity index (χ2n) is 16.8. The summed E-state index contributed by atoms with van der Waals surface area (Å²) < 4.78 is 5.44. The Morgan fingerprint density at radius 3 is 1.39 bits per heavy atom. The third kappa shape index (κ3) is 40.2. The first kappa shape index (κ1) is 52.6. The first-order valence-corrected chi connectivity index (χ1v) is 24.1. The molecule has 0 aromatic heterocycles. The molecule has 0 bridgehead atoms. The van der Waals surface area contributed by atoms with E-state index in [-0.39, 0.29) is 11.9 Å². The molecule has 0 saturated heterocycles. The number of carbonyl (C=O) groups is 3. The molecule has 1 N–H and O–H groups in total.